The number of aryl methyl sites for hydroxylation is 2. The molecule has 0 saturated heterocycles. The first-order chi connectivity index (χ1) is 10.1. The van der Waals surface area contributed by atoms with E-state index in [1.54, 1.807) is 11.3 Å². The van der Waals surface area contributed by atoms with Crippen molar-refractivity contribution in [2.75, 3.05) is 5.32 Å². The number of thiophene rings is 1. The van der Waals surface area contributed by atoms with Crippen LogP contribution >= 0.6 is 11.3 Å². The Morgan fingerprint density at radius 1 is 0.952 bits per heavy atom. The van der Waals surface area contributed by atoms with Gasteiger partial charge in [0.25, 0.3) is 5.91 Å². The third-order valence-corrected chi connectivity index (χ3v) is 5.17. The van der Waals surface area contributed by atoms with Gasteiger partial charge in [0.15, 0.2) is 0 Å². The normalized spacial score (nSPS) is 10.8. The molecule has 106 valence electrons. The summed E-state index contributed by atoms with van der Waals surface area (Å²) in [6.45, 7) is 6.09. The third-order valence-electron chi connectivity index (χ3n) is 3.90. The second kappa shape index (κ2) is 5.34. The highest BCUT2D eigenvalue weighted by Gasteiger charge is 2.16. The lowest BCUT2D eigenvalue weighted by atomic mass is 10.1. The van der Waals surface area contributed by atoms with Crippen molar-refractivity contribution in [3.05, 3.63) is 64.0 Å². The van der Waals surface area contributed by atoms with Gasteiger partial charge in [-0.15, -0.1) is 11.3 Å². The number of fused-ring (bicyclic) bond motifs is 1. The van der Waals surface area contributed by atoms with E-state index in [4.69, 9.17) is 0 Å². The topological polar surface area (TPSA) is 29.1 Å². The smallest absolute Gasteiger partial charge is 0.266 e. The Hall–Kier alpha value is -2.13. The largest absolute Gasteiger partial charge is 0.321 e. The average Bonchev–Trinajstić information content (AvgIpc) is 2.82. The van der Waals surface area contributed by atoms with E-state index in [0.29, 0.717) is 0 Å². The highest BCUT2D eigenvalue weighted by Crippen LogP contribution is 2.31. The molecule has 3 heteroatoms. The Balaban J connectivity index is 1.97. The third kappa shape index (κ3) is 2.45. The van der Waals surface area contributed by atoms with Crippen LogP contribution < -0.4 is 5.32 Å². The van der Waals surface area contributed by atoms with Crippen LogP contribution in [0.4, 0.5) is 5.69 Å². The summed E-state index contributed by atoms with van der Waals surface area (Å²) >= 11 is 1.55. The molecule has 0 bridgehead atoms. The van der Waals surface area contributed by atoms with Crippen LogP contribution in [0.1, 0.15) is 26.4 Å². The van der Waals surface area contributed by atoms with E-state index < -0.39 is 0 Å². The van der Waals surface area contributed by atoms with E-state index in [9.17, 15) is 4.79 Å². The highest BCUT2D eigenvalue weighted by molar-refractivity contribution is 7.21. The first kappa shape index (κ1) is 13.8. The Labute approximate surface area is 128 Å². The molecule has 1 N–H and O–H groups in total. The van der Waals surface area contributed by atoms with Gasteiger partial charge in [0.1, 0.15) is 0 Å². The van der Waals surface area contributed by atoms with Crippen molar-refractivity contribution >= 4 is 33.0 Å². The molecular weight excluding hydrogens is 278 g/mol. The molecule has 0 aliphatic carbocycles. The minimum absolute atomic E-state index is 0.0256. The van der Waals surface area contributed by atoms with E-state index in [0.717, 1.165) is 31.8 Å². The van der Waals surface area contributed by atoms with Crippen molar-refractivity contribution in [3.63, 3.8) is 0 Å². The van der Waals surface area contributed by atoms with Gasteiger partial charge in [0.2, 0.25) is 0 Å². The zero-order chi connectivity index (χ0) is 15.0. The lowest BCUT2D eigenvalue weighted by Crippen LogP contribution is -2.12. The van der Waals surface area contributed by atoms with E-state index in [2.05, 4.69) is 30.4 Å². The zero-order valence-corrected chi connectivity index (χ0v) is 13.2. The van der Waals surface area contributed by atoms with Crippen molar-refractivity contribution in [1.82, 2.24) is 0 Å². The Bertz CT molecular complexity index is 832. The maximum Gasteiger partial charge on any atom is 0.266 e. The molecule has 1 amide bonds. The number of hydrogen-bond donors (Lipinski definition) is 1. The number of anilines is 1. The van der Waals surface area contributed by atoms with Crippen LogP contribution in [-0.2, 0) is 0 Å². The second-order valence-electron chi connectivity index (χ2n) is 5.25. The molecule has 1 heterocycles. The Morgan fingerprint density at radius 2 is 1.71 bits per heavy atom. The van der Waals surface area contributed by atoms with Crippen molar-refractivity contribution < 1.29 is 4.79 Å². The quantitative estimate of drug-likeness (QED) is 0.702. The van der Waals surface area contributed by atoms with Gasteiger partial charge >= 0.3 is 0 Å². The molecule has 3 aromatic rings. The van der Waals surface area contributed by atoms with Gasteiger partial charge in [-0.2, -0.15) is 0 Å². The van der Waals surface area contributed by atoms with E-state index >= 15 is 0 Å². The summed E-state index contributed by atoms with van der Waals surface area (Å²) in [7, 11) is 0. The van der Waals surface area contributed by atoms with Crippen LogP contribution in [0.2, 0.25) is 0 Å². The van der Waals surface area contributed by atoms with Crippen molar-refractivity contribution in [2.24, 2.45) is 0 Å². The van der Waals surface area contributed by atoms with Crippen LogP contribution in [0.3, 0.4) is 0 Å². The molecule has 0 saturated carbocycles. The number of carbonyl (C=O) groups excluding carboxylic acids is 1. The SMILES string of the molecule is Cc1cccc(NC(=O)c2sc3ccccc3c2C)c1C. The summed E-state index contributed by atoms with van der Waals surface area (Å²) in [6.07, 6.45) is 0. The van der Waals surface area contributed by atoms with Gasteiger partial charge in [-0.3, -0.25) is 4.79 Å². The number of nitrogens with one attached hydrogen (secondary N) is 1. The van der Waals surface area contributed by atoms with Crippen LogP contribution in [0.25, 0.3) is 10.1 Å². The van der Waals surface area contributed by atoms with E-state index in [1.807, 2.05) is 38.1 Å². The van der Waals surface area contributed by atoms with Gasteiger partial charge in [-0.1, -0.05) is 30.3 Å². The molecule has 2 nitrogen and oxygen atoms in total. The van der Waals surface area contributed by atoms with Gasteiger partial charge < -0.3 is 5.32 Å². The first-order valence-electron chi connectivity index (χ1n) is 6.93. The Kier molecular flexibility index (Phi) is 3.52. The standard InChI is InChI=1S/C18H17NOS/c1-11-7-6-9-15(12(11)2)19-18(20)17-13(3)14-8-4-5-10-16(14)21-17/h4-10H,1-3H3,(H,19,20). The van der Waals surface area contributed by atoms with Crippen LogP contribution in [-0.4, -0.2) is 5.91 Å². The molecule has 0 aliphatic heterocycles. The van der Waals surface area contributed by atoms with Crippen molar-refractivity contribution in [2.45, 2.75) is 20.8 Å². The molecule has 0 unspecified atom stereocenters. The zero-order valence-electron chi connectivity index (χ0n) is 12.4. The monoisotopic (exact) mass is 295 g/mol. The molecular formula is C18H17NOS. The second-order valence-corrected chi connectivity index (χ2v) is 6.31. The Morgan fingerprint density at radius 3 is 2.48 bits per heavy atom. The minimum atomic E-state index is -0.0256. The summed E-state index contributed by atoms with van der Waals surface area (Å²) in [5, 5.41) is 4.20. The highest BCUT2D eigenvalue weighted by atomic mass is 32.1. The van der Waals surface area contributed by atoms with Gasteiger partial charge in [-0.05, 0) is 55.0 Å². The van der Waals surface area contributed by atoms with Crippen LogP contribution in [0.5, 0.6) is 0 Å². The lowest BCUT2D eigenvalue weighted by Gasteiger charge is -2.09. The van der Waals surface area contributed by atoms with Gasteiger partial charge in [-0.25, -0.2) is 0 Å². The summed E-state index contributed by atoms with van der Waals surface area (Å²) in [5.41, 5.74) is 4.24. The molecule has 21 heavy (non-hydrogen) atoms. The van der Waals surface area contributed by atoms with Crippen molar-refractivity contribution in [3.8, 4) is 0 Å². The predicted octanol–water partition coefficient (Wildman–Crippen LogP) is 5.08. The number of carbonyl (C=O) groups is 1. The minimum Gasteiger partial charge on any atom is -0.321 e. The van der Waals surface area contributed by atoms with Crippen LogP contribution in [0.15, 0.2) is 42.5 Å². The number of hydrogen-bond acceptors (Lipinski definition) is 2. The molecule has 0 fully saturated rings. The molecule has 0 aliphatic rings. The number of benzene rings is 2. The molecule has 0 radical (unpaired) electrons. The maximum atomic E-state index is 12.6. The lowest BCUT2D eigenvalue weighted by molar-refractivity contribution is 0.103. The van der Waals surface area contributed by atoms with Gasteiger partial charge in [0, 0.05) is 10.4 Å². The number of rotatable bonds is 2. The molecule has 0 atom stereocenters. The summed E-state index contributed by atoms with van der Waals surface area (Å²) < 4.78 is 1.15. The average molecular weight is 295 g/mol. The predicted molar refractivity (Wildman–Crippen MR) is 90.4 cm³/mol. The molecule has 2 aromatic carbocycles. The van der Waals surface area contributed by atoms with Crippen LogP contribution in [0, 0.1) is 20.8 Å². The fourth-order valence-electron chi connectivity index (χ4n) is 2.46. The molecule has 3 rings (SSSR count). The summed E-state index contributed by atoms with van der Waals surface area (Å²) in [4.78, 5) is 13.4. The number of amides is 1. The first-order valence-corrected chi connectivity index (χ1v) is 7.75. The van der Waals surface area contributed by atoms with Gasteiger partial charge in [0.05, 0.1) is 4.88 Å². The molecule has 0 spiro atoms. The summed E-state index contributed by atoms with van der Waals surface area (Å²) in [6, 6.07) is 14.1. The van der Waals surface area contributed by atoms with E-state index in [-0.39, 0.29) is 5.91 Å². The van der Waals surface area contributed by atoms with Crippen molar-refractivity contribution in [1.29, 1.82) is 0 Å². The van der Waals surface area contributed by atoms with E-state index in [1.165, 1.54) is 5.56 Å². The fraction of sp³-hybridized carbons (Fsp3) is 0.167. The maximum absolute atomic E-state index is 12.6. The molecule has 1 aromatic heterocycles. The summed E-state index contributed by atoms with van der Waals surface area (Å²) in [5.74, 6) is -0.0256. The fourth-order valence-corrected chi connectivity index (χ4v) is 3.56.